The number of hydrogen-bond donors (Lipinski definition) is 0. The number of amides is 2. The number of ether oxygens (including phenoxy) is 1. The van der Waals surface area contributed by atoms with Gasteiger partial charge < -0.3 is 19.4 Å². The Kier molecular flexibility index (Phi) is 7.25. The number of para-hydroxylation sites is 1. The van der Waals surface area contributed by atoms with Gasteiger partial charge in [0.25, 0.3) is 0 Å². The fraction of sp³-hybridized carbons (Fsp3) is 0.579. The zero-order valence-corrected chi connectivity index (χ0v) is 15.5. The number of carbonyl (C=O) groups excluding carboxylic acids is 2. The van der Waals surface area contributed by atoms with Crippen molar-refractivity contribution in [1.82, 2.24) is 14.7 Å². The zero-order valence-electron chi connectivity index (χ0n) is 15.5. The van der Waals surface area contributed by atoms with Gasteiger partial charge in [-0.2, -0.15) is 0 Å². The highest BCUT2D eigenvalue weighted by atomic mass is 16.5. The van der Waals surface area contributed by atoms with Crippen LogP contribution in [0.15, 0.2) is 24.3 Å². The summed E-state index contributed by atoms with van der Waals surface area (Å²) in [6, 6.07) is 7.82. The summed E-state index contributed by atoms with van der Waals surface area (Å²) in [4.78, 5) is 30.1. The van der Waals surface area contributed by atoms with Crippen molar-refractivity contribution in [3.8, 4) is 5.75 Å². The van der Waals surface area contributed by atoms with Gasteiger partial charge in [-0.15, -0.1) is 0 Å². The van der Waals surface area contributed by atoms with Crippen molar-refractivity contribution in [2.45, 2.75) is 19.8 Å². The molecule has 6 heteroatoms. The Labute approximate surface area is 150 Å². The Hall–Kier alpha value is -2.08. The zero-order chi connectivity index (χ0) is 18.2. The lowest BCUT2D eigenvalue weighted by Gasteiger charge is -2.33. The molecule has 6 nitrogen and oxygen atoms in total. The summed E-state index contributed by atoms with van der Waals surface area (Å²) >= 11 is 0. The van der Waals surface area contributed by atoms with Crippen LogP contribution in [0.4, 0.5) is 0 Å². The second-order valence-electron chi connectivity index (χ2n) is 6.50. The maximum Gasteiger partial charge on any atom is 0.224 e. The molecule has 1 saturated heterocycles. The van der Waals surface area contributed by atoms with Crippen LogP contribution in [0.1, 0.15) is 18.9 Å². The summed E-state index contributed by atoms with van der Waals surface area (Å²) in [6.07, 6.45) is 1.10. The van der Waals surface area contributed by atoms with Gasteiger partial charge in [0.2, 0.25) is 11.8 Å². The Morgan fingerprint density at radius 3 is 2.44 bits per heavy atom. The van der Waals surface area contributed by atoms with Crippen molar-refractivity contribution in [3.63, 3.8) is 0 Å². The van der Waals surface area contributed by atoms with Crippen molar-refractivity contribution >= 4 is 11.8 Å². The fourth-order valence-corrected chi connectivity index (χ4v) is 3.04. The Balaban J connectivity index is 1.84. The van der Waals surface area contributed by atoms with Crippen molar-refractivity contribution in [1.29, 1.82) is 0 Å². The summed E-state index contributed by atoms with van der Waals surface area (Å²) in [5.41, 5.74) is 1.07. The molecule has 0 aromatic heterocycles. The molecule has 138 valence electrons. The van der Waals surface area contributed by atoms with Crippen LogP contribution in [0, 0.1) is 0 Å². The monoisotopic (exact) mass is 347 g/mol. The third kappa shape index (κ3) is 5.74. The molecule has 1 aromatic rings. The largest absolute Gasteiger partial charge is 0.496 e. The topological polar surface area (TPSA) is 53.1 Å². The van der Waals surface area contributed by atoms with Crippen LogP contribution in [0.2, 0.25) is 0 Å². The average Bonchev–Trinajstić information content (AvgIpc) is 2.62. The molecular formula is C19H29N3O3. The van der Waals surface area contributed by atoms with Gasteiger partial charge in [0.15, 0.2) is 0 Å². The van der Waals surface area contributed by atoms with E-state index in [4.69, 9.17) is 4.74 Å². The predicted octanol–water partition coefficient (Wildman–Crippen LogP) is 1.25. The number of rotatable bonds is 7. The van der Waals surface area contributed by atoms with E-state index in [-0.39, 0.29) is 11.8 Å². The predicted molar refractivity (Wildman–Crippen MR) is 97.6 cm³/mol. The molecule has 2 amide bonds. The van der Waals surface area contributed by atoms with Gasteiger partial charge in [-0.25, -0.2) is 0 Å². The Morgan fingerprint density at radius 1 is 1.12 bits per heavy atom. The second-order valence-corrected chi connectivity index (χ2v) is 6.50. The van der Waals surface area contributed by atoms with E-state index in [2.05, 4.69) is 11.9 Å². The van der Waals surface area contributed by atoms with Crippen LogP contribution in [0.25, 0.3) is 0 Å². The van der Waals surface area contributed by atoms with Crippen molar-refractivity contribution in [2.24, 2.45) is 0 Å². The fourth-order valence-electron chi connectivity index (χ4n) is 3.04. The average molecular weight is 347 g/mol. The summed E-state index contributed by atoms with van der Waals surface area (Å²) in [6.45, 7) is 5.99. The number of likely N-dealkylation sites (N-methyl/N-ethyl adjacent to an activating group) is 1. The van der Waals surface area contributed by atoms with Crippen molar-refractivity contribution in [2.75, 3.05) is 53.4 Å². The van der Waals surface area contributed by atoms with Gasteiger partial charge in [0.05, 0.1) is 7.11 Å². The number of piperazine rings is 1. The molecule has 25 heavy (non-hydrogen) atoms. The molecule has 0 N–H and O–H groups in total. The number of methoxy groups -OCH3 is 1. The lowest BCUT2D eigenvalue weighted by atomic mass is 10.1. The molecule has 1 aromatic carbocycles. The molecule has 1 aliphatic heterocycles. The van der Waals surface area contributed by atoms with Crippen LogP contribution in [-0.2, 0) is 16.0 Å². The molecule has 2 rings (SSSR count). The molecule has 0 saturated carbocycles. The number of nitrogens with zero attached hydrogens (tertiary/aromatic N) is 3. The van der Waals surface area contributed by atoms with Gasteiger partial charge in [0.1, 0.15) is 5.75 Å². The standard InChI is InChI=1S/C19H29N3O3/c1-16(23)21(10-8-17-6-4-5-7-18(17)25-3)11-9-19(24)22-14-12-20(2)13-15-22/h4-7H,8-15H2,1-3H3. The van der Waals surface area contributed by atoms with Gasteiger partial charge in [0, 0.05) is 52.6 Å². The van der Waals surface area contributed by atoms with Crippen molar-refractivity contribution < 1.29 is 14.3 Å². The van der Waals surface area contributed by atoms with E-state index < -0.39 is 0 Å². The van der Waals surface area contributed by atoms with E-state index in [9.17, 15) is 9.59 Å². The highest BCUT2D eigenvalue weighted by molar-refractivity contribution is 5.78. The molecule has 0 aliphatic carbocycles. The molecule has 0 spiro atoms. The SMILES string of the molecule is COc1ccccc1CCN(CCC(=O)N1CCN(C)CC1)C(C)=O. The lowest BCUT2D eigenvalue weighted by Crippen LogP contribution is -2.48. The van der Waals surface area contributed by atoms with Gasteiger partial charge in [-0.05, 0) is 25.1 Å². The molecule has 0 radical (unpaired) electrons. The third-order valence-electron chi connectivity index (χ3n) is 4.74. The number of hydrogen-bond acceptors (Lipinski definition) is 4. The van der Waals surface area contributed by atoms with E-state index >= 15 is 0 Å². The van der Waals surface area contributed by atoms with E-state index in [1.54, 1.807) is 18.9 Å². The summed E-state index contributed by atoms with van der Waals surface area (Å²) in [7, 11) is 3.72. The molecule has 0 unspecified atom stereocenters. The maximum atomic E-state index is 12.4. The number of benzene rings is 1. The summed E-state index contributed by atoms with van der Waals surface area (Å²) < 4.78 is 5.36. The van der Waals surface area contributed by atoms with Crippen LogP contribution in [0.5, 0.6) is 5.75 Å². The normalized spacial score (nSPS) is 15.1. The van der Waals surface area contributed by atoms with Gasteiger partial charge >= 0.3 is 0 Å². The van der Waals surface area contributed by atoms with Crippen molar-refractivity contribution in [3.05, 3.63) is 29.8 Å². The number of carbonyl (C=O) groups is 2. The Bertz CT molecular complexity index is 583. The van der Waals surface area contributed by atoms with Gasteiger partial charge in [-0.3, -0.25) is 9.59 Å². The quantitative estimate of drug-likeness (QED) is 0.745. The lowest BCUT2D eigenvalue weighted by molar-refractivity contribution is -0.134. The first-order valence-electron chi connectivity index (χ1n) is 8.85. The van der Waals surface area contributed by atoms with Crippen LogP contribution in [-0.4, -0.2) is 79.9 Å². The molecular weight excluding hydrogens is 318 g/mol. The third-order valence-corrected chi connectivity index (χ3v) is 4.74. The van der Waals surface area contributed by atoms with Gasteiger partial charge in [-0.1, -0.05) is 18.2 Å². The highest BCUT2D eigenvalue weighted by Crippen LogP contribution is 2.18. The van der Waals surface area contributed by atoms with E-state index in [1.807, 2.05) is 29.2 Å². The first-order chi connectivity index (χ1) is 12.0. The second kappa shape index (κ2) is 9.42. The summed E-state index contributed by atoms with van der Waals surface area (Å²) in [5, 5.41) is 0. The van der Waals surface area contributed by atoms with Crippen LogP contribution >= 0.6 is 0 Å². The molecule has 0 atom stereocenters. The minimum absolute atomic E-state index is 0.000996. The van der Waals surface area contributed by atoms with Crippen LogP contribution < -0.4 is 4.74 Å². The smallest absolute Gasteiger partial charge is 0.224 e. The van der Waals surface area contributed by atoms with E-state index in [1.165, 1.54) is 0 Å². The van der Waals surface area contributed by atoms with E-state index in [0.29, 0.717) is 25.9 Å². The minimum atomic E-state index is 0.000996. The molecule has 1 heterocycles. The minimum Gasteiger partial charge on any atom is -0.496 e. The first kappa shape index (κ1) is 19.2. The molecule has 1 aliphatic rings. The Morgan fingerprint density at radius 2 is 1.80 bits per heavy atom. The molecule has 1 fully saturated rings. The van der Waals surface area contributed by atoms with Crippen LogP contribution in [0.3, 0.4) is 0 Å². The molecule has 0 bridgehead atoms. The first-order valence-corrected chi connectivity index (χ1v) is 8.85. The highest BCUT2D eigenvalue weighted by Gasteiger charge is 2.20. The summed E-state index contributed by atoms with van der Waals surface area (Å²) in [5.74, 6) is 0.970. The van der Waals surface area contributed by atoms with E-state index in [0.717, 1.165) is 37.5 Å². The maximum absolute atomic E-state index is 12.4.